The molecule has 1 aliphatic heterocycles. The summed E-state index contributed by atoms with van der Waals surface area (Å²) < 4.78 is 33.8. The van der Waals surface area contributed by atoms with Gasteiger partial charge in [-0.2, -0.15) is 0 Å². The van der Waals surface area contributed by atoms with Crippen molar-refractivity contribution in [2.45, 2.75) is 39.0 Å². The van der Waals surface area contributed by atoms with Crippen molar-refractivity contribution >= 4 is 34.8 Å². The molecule has 0 unspecified atom stereocenters. The number of aromatic nitrogens is 1. The van der Waals surface area contributed by atoms with Gasteiger partial charge in [-0.05, 0) is 49.7 Å². The topological polar surface area (TPSA) is 112 Å². The van der Waals surface area contributed by atoms with Gasteiger partial charge in [0, 0.05) is 17.8 Å². The van der Waals surface area contributed by atoms with Crippen LogP contribution in [0.15, 0.2) is 53.5 Å². The van der Waals surface area contributed by atoms with Crippen LogP contribution in [-0.4, -0.2) is 45.5 Å². The van der Waals surface area contributed by atoms with E-state index in [1.165, 1.54) is 46.5 Å². The lowest BCUT2D eigenvalue weighted by Gasteiger charge is -2.22. The lowest BCUT2D eigenvalue weighted by Crippen LogP contribution is -2.41. The van der Waals surface area contributed by atoms with Gasteiger partial charge in [-0.3, -0.25) is 24.2 Å². The number of nitrogens with zero attached hydrogens (tertiary/aromatic N) is 3. The molecule has 2 heterocycles. The number of carbonyl (C=O) groups excluding carboxylic acids is 2. The smallest absolute Gasteiger partial charge is 0.273 e. The molecule has 9 nitrogen and oxygen atoms in total. The first-order chi connectivity index (χ1) is 18.4. The summed E-state index contributed by atoms with van der Waals surface area (Å²) in [6.07, 6.45) is 1.26. The Bertz CT molecular complexity index is 1490. The minimum Gasteiger partial charge on any atom is -0.487 e. The fraction of sp³-hybridized carbons (Fsp3) is 0.296. The maximum Gasteiger partial charge on any atom is 0.273 e. The lowest BCUT2D eigenvalue weighted by molar-refractivity contribution is -0.122. The Labute approximate surface area is 227 Å². The highest BCUT2D eigenvalue weighted by atomic mass is 35.5. The summed E-state index contributed by atoms with van der Waals surface area (Å²) in [7, 11) is 0. The Morgan fingerprint density at radius 2 is 1.77 bits per heavy atom. The Morgan fingerprint density at radius 3 is 2.44 bits per heavy atom. The number of carbonyl (C=O) groups is 2. The van der Waals surface area contributed by atoms with Crippen molar-refractivity contribution in [3.05, 3.63) is 86.8 Å². The quantitative estimate of drug-likeness (QED) is 0.437. The molecule has 12 heteroatoms. The van der Waals surface area contributed by atoms with Crippen molar-refractivity contribution in [3.63, 3.8) is 0 Å². The number of benzene rings is 2. The third-order valence-electron chi connectivity index (χ3n) is 6.05. The average molecular weight is 562 g/mol. The maximum atomic E-state index is 13.9. The second-order valence-electron chi connectivity index (χ2n) is 9.71. The molecule has 0 fully saturated rings. The highest BCUT2D eigenvalue weighted by molar-refractivity contribution is 6.31. The standard InChI is InChI=1S/C27H26ClF2N3O6/c1-27(2,38)11-23(35)32-15-33(24(36)13-34)21-9-16(3-6-20(21)32)12-31-8-7-22(25(28)26(31)37)39-14-17-4-5-18(29)10-19(17)30/h3-10,34,38H,11-15H2,1-2H3. The minimum atomic E-state index is -1.25. The van der Waals surface area contributed by atoms with Crippen molar-refractivity contribution in [3.8, 4) is 5.75 Å². The van der Waals surface area contributed by atoms with Crippen LogP contribution in [-0.2, 0) is 22.7 Å². The summed E-state index contributed by atoms with van der Waals surface area (Å²) in [4.78, 5) is 40.7. The molecular formula is C27H26ClF2N3O6. The Morgan fingerprint density at radius 1 is 1.05 bits per heavy atom. The van der Waals surface area contributed by atoms with E-state index in [1.54, 1.807) is 18.2 Å². The first-order valence-electron chi connectivity index (χ1n) is 11.9. The fourth-order valence-corrected chi connectivity index (χ4v) is 4.37. The zero-order valence-electron chi connectivity index (χ0n) is 21.2. The van der Waals surface area contributed by atoms with E-state index in [0.29, 0.717) is 16.9 Å². The number of aliphatic hydroxyl groups is 2. The molecule has 0 spiro atoms. The summed E-state index contributed by atoms with van der Waals surface area (Å²) in [6.45, 7) is 1.90. The van der Waals surface area contributed by atoms with E-state index >= 15 is 0 Å². The zero-order chi connectivity index (χ0) is 28.5. The molecule has 3 aromatic rings. The lowest BCUT2D eigenvalue weighted by atomic mass is 10.0. The number of aliphatic hydroxyl groups excluding tert-OH is 1. The summed E-state index contributed by atoms with van der Waals surface area (Å²) in [5, 5.41) is 19.3. The molecule has 0 radical (unpaired) electrons. The number of amides is 2. The highest BCUT2D eigenvalue weighted by Crippen LogP contribution is 2.38. The van der Waals surface area contributed by atoms with E-state index < -0.39 is 41.2 Å². The third-order valence-corrected chi connectivity index (χ3v) is 6.40. The molecular weight excluding hydrogens is 536 g/mol. The number of hydrogen-bond acceptors (Lipinski definition) is 6. The minimum absolute atomic E-state index is 0.0243. The molecule has 0 atom stereocenters. The SMILES string of the molecule is CC(C)(O)CC(=O)N1CN(C(=O)CO)c2cc(Cn3ccc(OCc4ccc(F)cc4F)c(Cl)c3=O)ccc21. The van der Waals surface area contributed by atoms with Crippen LogP contribution in [0.1, 0.15) is 31.4 Å². The van der Waals surface area contributed by atoms with Gasteiger partial charge in [0.1, 0.15) is 42.3 Å². The van der Waals surface area contributed by atoms with Gasteiger partial charge in [0.15, 0.2) is 0 Å². The number of rotatable bonds is 8. The zero-order valence-corrected chi connectivity index (χ0v) is 21.9. The van der Waals surface area contributed by atoms with E-state index in [1.807, 2.05) is 0 Å². The normalized spacial score (nSPS) is 13.0. The highest BCUT2D eigenvalue weighted by Gasteiger charge is 2.35. The van der Waals surface area contributed by atoms with Crippen LogP contribution in [0, 0.1) is 11.6 Å². The van der Waals surface area contributed by atoms with Gasteiger partial charge in [0.25, 0.3) is 11.5 Å². The van der Waals surface area contributed by atoms with Crippen molar-refractivity contribution < 1.29 is 33.3 Å². The Balaban J connectivity index is 1.56. The van der Waals surface area contributed by atoms with Crippen LogP contribution in [0.5, 0.6) is 5.75 Å². The monoisotopic (exact) mass is 561 g/mol. The number of fused-ring (bicyclic) bond motifs is 1. The Hall–Kier alpha value is -3.80. The van der Waals surface area contributed by atoms with Gasteiger partial charge in [-0.25, -0.2) is 8.78 Å². The van der Waals surface area contributed by atoms with E-state index in [9.17, 15) is 33.4 Å². The predicted octanol–water partition coefficient (Wildman–Crippen LogP) is 3.20. The van der Waals surface area contributed by atoms with Gasteiger partial charge in [-0.15, -0.1) is 0 Å². The van der Waals surface area contributed by atoms with Crippen LogP contribution in [0.4, 0.5) is 20.2 Å². The molecule has 0 saturated carbocycles. The number of anilines is 2. The first-order valence-corrected chi connectivity index (χ1v) is 12.3. The summed E-state index contributed by atoms with van der Waals surface area (Å²) in [5.41, 5.74) is -0.351. The van der Waals surface area contributed by atoms with E-state index in [2.05, 4.69) is 0 Å². The van der Waals surface area contributed by atoms with Crippen molar-refractivity contribution in [2.24, 2.45) is 0 Å². The molecule has 4 rings (SSSR count). The second kappa shape index (κ2) is 11.1. The summed E-state index contributed by atoms with van der Waals surface area (Å²) in [5.74, 6) is -2.50. The summed E-state index contributed by atoms with van der Waals surface area (Å²) >= 11 is 6.22. The summed E-state index contributed by atoms with van der Waals surface area (Å²) in [6, 6.07) is 9.43. The molecule has 2 amide bonds. The second-order valence-corrected chi connectivity index (χ2v) is 10.1. The molecule has 0 bridgehead atoms. The Kier molecular flexibility index (Phi) is 8.05. The molecule has 1 aromatic heterocycles. The van der Waals surface area contributed by atoms with Crippen LogP contribution >= 0.6 is 11.6 Å². The van der Waals surface area contributed by atoms with Crippen LogP contribution in [0.3, 0.4) is 0 Å². The predicted molar refractivity (Wildman–Crippen MR) is 140 cm³/mol. The van der Waals surface area contributed by atoms with Crippen molar-refractivity contribution in [1.29, 1.82) is 0 Å². The van der Waals surface area contributed by atoms with Gasteiger partial charge in [-0.1, -0.05) is 17.7 Å². The molecule has 2 N–H and O–H groups in total. The number of pyridine rings is 1. The van der Waals surface area contributed by atoms with Crippen molar-refractivity contribution in [2.75, 3.05) is 23.1 Å². The van der Waals surface area contributed by atoms with Gasteiger partial charge in [0.05, 0.1) is 29.9 Å². The molecule has 0 aliphatic carbocycles. The third kappa shape index (κ3) is 6.27. The van der Waals surface area contributed by atoms with Gasteiger partial charge < -0.3 is 19.5 Å². The van der Waals surface area contributed by atoms with E-state index in [-0.39, 0.29) is 42.6 Å². The van der Waals surface area contributed by atoms with Crippen molar-refractivity contribution in [1.82, 2.24) is 4.57 Å². The van der Waals surface area contributed by atoms with Crippen LogP contribution in [0.25, 0.3) is 0 Å². The number of ether oxygens (including phenoxy) is 1. The first kappa shape index (κ1) is 28.2. The molecule has 1 aliphatic rings. The van der Waals surface area contributed by atoms with Crippen LogP contribution in [0.2, 0.25) is 5.02 Å². The fourth-order valence-electron chi connectivity index (χ4n) is 4.14. The number of hydrogen-bond donors (Lipinski definition) is 2. The average Bonchev–Trinajstić information content (AvgIpc) is 3.25. The largest absolute Gasteiger partial charge is 0.487 e. The number of halogens is 3. The maximum absolute atomic E-state index is 13.9. The van der Waals surface area contributed by atoms with Crippen LogP contribution < -0.4 is 20.1 Å². The molecule has 2 aromatic carbocycles. The van der Waals surface area contributed by atoms with Gasteiger partial charge >= 0.3 is 0 Å². The van der Waals surface area contributed by atoms with E-state index in [4.69, 9.17) is 16.3 Å². The van der Waals surface area contributed by atoms with E-state index in [0.717, 1.165) is 12.1 Å². The molecule has 39 heavy (non-hydrogen) atoms. The molecule has 206 valence electrons. The van der Waals surface area contributed by atoms with Gasteiger partial charge in [0.2, 0.25) is 5.91 Å². The molecule has 0 saturated heterocycles.